The average molecular weight is 320 g/mol. The molecule has 0 spiro atoms. The van der Waals surface area contributed by atoms with Gasteiger partial charge < -0.3 is 4.98 Å². The summed E-state index contributed by atoms with van der Waals surface area (Å²) in [7, 11) is -3.29. The molecule has 2 aromatic rings. The smallest absolute Gasteiger partial charge is 0.254 e. The van der Waals surface area contributed by atoms with Gasteiger partial charge in [-0.1, -0.05) is 0 Å². The van der Waals surface area contributed by atoms with Crippen molar-refractivity contribution in [1.82, 2.24) is 19.3 Å². The van der Waals surface area contributed by atoms with E-state index >= 15 is 0 Å². The van der Waals surface area contributed by atoms with Crippen molar-refractivity contribution in [3.63, 3.8) is 0 Å². The number of aromatic amines is 1. The van der Waals surface area contributed by atoms with E-state index in [0.29, 0.717) is 35.6 Å². The summed E-state index contributed by atoms with van der Waals surface area (Å²) in [6.07, 6.45) is 3.62. The van der Waals surface area contributed by atoms with Gasteiger partial charge in [-0.05, 0) is 25.5 Å². The van der Waals surface area contributed by atoms with E-state index in [-0.39, 0.29) is 17.9 Å². The number of rotatable bonds is 3. The average Bonchev–Trinajstić information content (AvgIpc) is 2.55. The molecule has 0 saturated carbocycles. The molecular weight excluding hydrogens is 304 g/mol. The molecule has 2 aromatic heterocycles. The summed E-state index contributed by atoms with van der Waals surface area (Å²) in [6, 6.07) is 3.55. The van der Waals surface area contributed by atoms with Crippen LogP contribution in [0, 0.1) is 0 Å². The van der Waals surface area contributed by atoms with E-state index in [0.717, 1.165) is 0 Å². The Morgan fingerprint density at radius 2 is 2.23 bits per heavy atom. The molecule has 0 fully saturated rings. The summed E-state index contributed by atoms with van der Waals surface area (Å²) in [6.45, 7) is 2.07. The van der Waals surface area contributed by atoms with Crippen molar-refractivity contribution in [3.8, 4) is 11.4 Å². The first-order valence-electron chi connectivity index (χ1n) is 7.01. The maximum absolute atomic E-state index is 12.2. The molecule has 8 heteroatoms. The molecule has 1 aliphatic heterocycles. The molecule has 0 unspecified atom stereocenters. The first-order chi connectivity index (χ1) is 10.5. The van der Waals surface area contributed by atoms with Crippen LogP contribution in [-0.4, -0.2) is 40.0 Å². The van der Waals surface area contributed by atoms with Gasteiger partial charge in [0, 0.05) is 30.1 Å². The monoisotopic (exact) mass is 320 g/mol. The molecule has 7 nitrogen and oxygen atoms in total. The second-order valence-electron chi connectivity index (χ2n) is 5.07. The Balaban J connectivity index is 2.04. The molecule has 22 heavy (non-hydrogen) atoms. The SMILES string of the molecule is CCS(=O)(=O)N1CCc2c(nc(-c3cccnc3)[nH]c2=O)C1. The lowest BCUT2D eigenvalue weighted by Gasteiger charge is -2.26. The molecule has 1 aliphatic rings. The van der Waals surface area contributed by atoms with Gasteiger partial charge in [0.05, 0.1) is 18.0 Å². The van der Waals surface area contributed by atoms with E-state index in [1.165, 1.54) is 4.31 Å². The number of nitrogens with one attached hydrogen (secondary N) is 1. The van der Waals surface area contributed by atoms with Crippen LogP contribution in [0.1, 0.15) is 18.2 Å². The highest BCUT2D eigenvalue weighted by Crippen LogP contribution is 2.20. The summed E-state index contributed by atoms with van der Waals surface area (Å²) in [5.41, 5.74) is 1.57. The van der Waals surface area contributed by atoms with Crippen molar-refractivity contribution in [2.24, 2.45) is 0 Å². The molecule has 0 aromatic carbocycles. The number of aromatic nitrogens is 3. The molecule has 0 saturated heterocycles. The van der Waals surface area contributed by atoms with E-state index in [2.05, 4.69) is 15.0 Å². The first kappa shape index (κ1) is 14.9. The van der Waals surface area contributed by atoms with Crippen LogP contribution in [0.2, 0.25) is 0 Å². The molecule has 0 bridgehead atoms. The summed E-state index contributed by atoms with van der Waals surface area (Å²) in [5, 5.41) is 0. The number of H-pyrrole nitrogens is 1. The van der Waals surface area contributed by atoms with Crippen molar-refractivity contribution in [3.05, 3.63) is 46.1 Å². The van der Waals surface area contributed by atoms with Gasteiger partial charge in [-0.2, -0.15) is 4.31 Å². The standard InChI is InChI=1S/C14H16N4O3S/c1-2-22(20,21)18-7-5-11-12(9-18)16-13(17-14(11)19)10-4-3-6-15-8-10/h3-4,6,8H,2,5,7,9H2,1H3,(H,16,17,19). The number of nitrogens with zero attached hydrogens (tertiary/aromatic N) is 3. The van der Waals surface area contributed by atoms with Gasteiger partial charge >= 0.3 is 0 Å². The molecule has 0 amide bonds. The Morgan fingerprint density at radius 3 is 2.91 bits per heavy atom. The minimum Gasteiger partial charge on any atom is -0.306 e. The predicted octanol–water partition coefficient (Wildman–Crippen LogP) is 0.540. The lowest BCUT2D eigenvalue weighted by Crippen LogP contribution is -2.39. The highest BCUT2D eigenvalue weighted by molar-refractivity contribution is 7.89. The van der Waals surface area contributed by atoms with Crippen LogP contribution < -0.4 is 5.56 Å². The third-order valence-corrected chi connectivity index (χ3v) is 5.56. The lowest BCUT2D eigenvalue weighted by molar-refractivity contribution is 0.384. The first-order valence-corrected chi connectivity index (χ1v) is 8.62. The van der Waals surface area contributed by atoms with Gasteiger partial charge in [0.2, 0.25) is 10.0 Å². The normalized spacial score (nSPS) is 15.5. The zero-order valence-corrected chi connectivity index (χ0v) is 12.9. The summed E-state index contributed by atoms with van der Waals surface area (Å²) >= 11 is 0. The summed E-state index contributed by atoms with van der Waals surface area (Å²) in [5.74, 6) is 0.452. The Bertz CT molecular complexity index is 846. The summed E-state index contributed by atoms with van der Waals surface area (Å²) in [4.78, 5) is 23.4. The Morgan fingerprint density at radius 1 is 1.41 bits per heavy atom. The molecular formula is C14H16N4O3S. The van der Waals surface area contributed by atoms with Crippen molar-refractivity contribution in [1.29, 1.82) is 0 Å². The van der Waals surface area contributed by atoms with Crippen LogP contribution in [0.3, 0.4) is 0 Å². The van der Waals surface area contributed by atoms with Crippen molar-refractivity contribution in [2.75, 3.05) is 12.3 Å². The minimum absolute atomic E-state index is 0.0426. The van der Waals surface area contributed by atoms with E-state index in [1.54, 1.807) is 31.5 Å². The summed E-state index contributed by atoms with van der Waals surface area (Å²) < 4.78 is 25.4. The topological polar surface area (TPSA) is 96.0 Å². The highest BCUT2D eigenvalue weighted by atomic mass is 32.2. The minimum atomic E-state index is -3.29. The lowest BCUT2D eigenvalue weighted by atomic mass is 10.1. The molecule has 3 rings (SSSR count). The van der Waals surface area contributed by atoms with Gasteiger partial charge in [0.25, 0.3) is 5.56 Å². The van der Waals surface area contributed by atoms with Crippen LogP contribution in [0.25, 0.3) is 11.4 Å². The maximum atomic E-state index is 12.2. The number of sulfonamides is 1. The highest BCUT2D eigenvalue weighted by Gasteiger charge is 2.28. The Hall–Kier alpha value is -2.06. The van der Waals surface area contributed by atoms with Crippen LogP contribution in [-0.2, 0) is 23.0 Å². The fourth-order valence-electron chi connectivity index (χ4n) is 2.48. The fourth-order valence-corrected chi connectivity index (χ4v) is 3.53. The number of pyridine rings is 1. The second kappa shape index (κ2) is 5.62. The zero-order valence-electron chi connectivity index (χ0n) is 12.1. The van der Waals surface area contributed by atoms with Crippen molar-refractivity contribution >= 4 is 10.0 Å². The quantitative estimate of drug-likeness (QED) is 0.890. The second-order valence-corrected chi connectivity index (χ2v) is 7.32. The number of hydrogen-bond donors (Lipinski definition) is 1. The van der Waals surface area contributed by atoms with E-state index < -0.39 is 10.0 Å². The third kappa shape index (κ3) is 2.67. The fraction of sp³-hybridized carbons (Fsp3) is 0.357. The molecule has 116 valence electrons. The van der Waals surface area contributed by atoms with Gasteiger partial charge in [0.1, 0.15) is 5.82 Å². The van der Waals surface area contributed by atoms with Crippen molar-refractivity contribution < 1.29 is 8.42 Å². The molecule has 1 N–H and O–H groups in total. The Kier molecular flexibility index (Phi) is 3.79. The van der Waals surface area contributed by atoms with Gasteiger partial charge in [-0.25, -0.2) is 13.4 Å². The van der Waals surface area contributed by atoms with E-state index in [9.17, 15) is 13.2 Å². The molecule has 0 atom stereocenters. The van der Waals surface area contributed by atoms with Crippen LogP contribution >= 0.6 is 0 Å². The van der Waals surface area contributed by atoms with E-state index in [4.69, 9.17) is 0 Å². The number of fused-ring (bicyclic) bond motifs is 1. The largest absolute Gasteiger partial charge is 0.306 e. The van der Waals surface area contributed by atoms with Gasteiger partial charge in [-0.15, -0.1) is 0 Å². The van der Waals surface area contributed by atoms with E-state index in [1.807, 2.05) is 0 Å². The van der Waals surface area contributed by atoms with Gasteiger partial charge in [0.15, 0.2) is 0 Å². The van der Waals surface area contributed by atoms with Crippen molar-refractivity contribution in [2.45, 2.75) is 19.9 Å². The molecule has 0 aliphatic carbocycles. The van der Waals surface area contributed by atoms with Crippen LogP contribution in [0.5, 0.6) is 0 Å². The van der Waals surface area contributed by atoms with Crippen LogP contribution in [0.15, 0.2) is 29.3 Å². The third-order valence-electron chi connectivity index (χ3n) is 3.73. The molecule has 3 heterocycles. The van der Waals surface area contributed by atoms with Gasteiger partial charge in [-0.3, -0.25) is 9.78 Å². The van der Waals surface area contributed by atoms with Crippen LogP contribution in [0.4, 0.5) is 0 Å². The molecule has 0 radical (unpaired) electrons. The predicted molar refractivity (Wildman–Crippen MR) is 81.7 cm³/mol. The maximum Gasteiger partial charge on any atom is 0.254 e. The Labute approximate surface area is 128 Å². The number of hydrogen-bond acceptors (Lipinski definition) is 5. The zero-order chi connectivity index (χ0) is 15.7.